The van der Waals surface area contributed by atoms with Crippen LogP contribution in [0, 0.1) is 0 Å². The first-order valence-electron chi connectivity index (χ1n) is 9.78. The summed E-state index contributed by atoms with van der Waals surface area (Å²) in [6.07, 6.45) is 2.74. The third kappa shape index (κ3) is 4.36. The molecule has 0 spiro atoms. The van der Waals surface area contributed by atoms with E-state index in [4.69, 9.17) is 0 Å². The molecule has 142 valence electrons. The molecular weight excluding hydrogens is 348 g/mol. The molecule has 0 radical (unpaired) electrons. The average Bonchev–Trinajstić information content (AvgIpc) is 3.29. The van der Waals surface area contributed by atoms with Crippen LogP contribution in [0.1, 0.15) is 36.3 Å². The average molecular weight is 372 g/mol. The van der Waals surface area contributed by atoms with Gasteiger partial charge in [-0.2, -0.15) is 0 Å². The molecule has 1 fully saturated rings. The van der Waals surface area contributed by atoms with Crippen LogP contribution in [0.4, 0.5) is 11.6 Å². The molecule has 3 aromatic rings. The van der Waals surface area contributed by atoms with Crippen LogP contribution in [0.2, 0.25) is 0 Å². The van der Waals surface area contributed by atoms with Gasteiger partial charge in [-0.15, -0.1) is 10.2 Å². The molecule has 1 aliphatic rings. The second kappa shape index (κ2) is 8.65. The summed E-state index contributed by atoms with van der Waals surface area (Å²) in [5.41, 5.74) is 2.25. The van der Waals surface area contributed by atoms with E-state index in [9.17, 15) is 4.79 Å². The van der Waals surface area contributed by atoms with Crippen molar-refractivity contribution in [2.75, 3.05) is 23.3 Å². The monoisotopic (exact) mass is 372 g/mol. The third-order valence-electron chi connectivity index (χ3n) is 5.14. The van der Waals surface area contributed by atoms with Crippen molar-refractivity contribution in [2.24, 2.45) is 0 Å². The van der Waals surface area contributed by atoms with Gasteiger partial charge in [-0.05, 0) is 36.1 Å². The van der Waals surface area contributed by atoms with Gasteiger partial charge < -0.3 is 10.2 Å². The van der Waals surface area contributed by atoms with Gasteiger partial charge in [0.05, 0.1) is 0 Å². The summed E-state index contributed by atoms with van der Waals surface area (Å²) in [5, 5.41) is 11.4. The highest BCUT2D eigenvalue weighted by Crippen LogP contribution is 2.28. The van der Waals surface area contributed by atoms with E-state index in [1.54, 1.807) is 0 Å². The lowest BCUT2D eigenvalue weighted by Crippen LogP contribution is -2.20. The first-order chi connectivity index (χ1) is 13.8. The Morgan fingerprint density at radius 2 is 1.46 bits per heavy atom. The molecule has 0 bridgehead atoms. The Bertz CT molecular complexity index is 851. The zero-order valence-corrected chi connectivity index (χ0v) is 15.8. The van der Waals surface area contributed by atoms with Crippen LogP contribution in [-0.2, 0) is 4.79 Å². The number of nitrogens with one attached hydrogen (secondary N) is 1. The smallest absolute Gasteiger partial charge is 0.226 e. The van der Waals surface area contributed by atoms with Crippen molar-refractivity contribution in [2.45, 2.75) is 25.2 Å². The number of carbonyl (C=O) groups excluding carboxylic acids is 1. The van der Waals surface area contributed by atoms with Crippen LogP contribution >= 0.6 is 0 Å². The standard InChI is InChI=1S/C23H24N4O/c28-23(24-21-13-14-22(26-25-21)27-15-7-8-16-27)17-20(18-9-3-1-4-10-18)19-11-5-2-6-12-19/h1-6,9-14,20H,7-8,15-17H2,(H,24,25,28). The highest BCUT2D eigenvalue weighted by atomic mass is 16.1. The molecule has 0 atom stereocenters. The Morgan fingerprint density at radius 3 is 2.00 bits per heavy atom. The van der Waals surface area contributed by atoms with E-state index >= 15 is 0 Å². The molecular formula is C23H24N4O. The molecule has 1 aromatic heterocycles. The fraction of sp³-hybridized carbons (Fsp3) is 0.261. The van der Waals surface area contributed by atoms with E-state index in [0.29, 0.717) is 12.2 Å². The van der Waals surface area contributed by atoms with Crippen LogP contribution in [0.3, 0.4) is 0 Å². The van der Waals surface area contributed by atoms with Crippen molar-refractivity contribution >= 4 is 17.5 Å². The number of amides is 1. The minimum Gasteiger partial charge on any atom is -0.355 e. The molecule has 5 nitrogen and oxygen atoms in total. The number of nitrogens with zero attached hydrogens (tertiary/aromatic N) is 3. The molecule has 1 amide bonds. The summed E-state index contributed by atoms with van der Waals surface area (Å²) in [6, 6.07) is 24.0. The van der Waals surface area contributed by atoms with Crippen molar-refractivity contribution < 1.29 is 4.79 Å². The van der Waals surface area contributed by atoms with Crippen LogP contribution < -0.4 is 10.2 Å². The van der Waals surface area contributed by atoms with Crippen LogP contribution in [0.25, 0.3) is 0 Å². The predicted molar refractivity (Wildman–Crippen MR) is 111 cm³/mol. The molecule has 5 heteroatoms. The predicted octanol–water partition coefficient (Wildman–Crippen LogP) is 4.24. The fourth-order valence-electron chi connectivity index (χ4n) is 3.68. The van der Waals surface area contributed by atoms with Crippen LogP contribution in [0.15, 0.2) is 72.8 Å². The Kier molecular flexibility index (Phi) is 5.61. The summed E-state index contributed by atoms with van der Waals surface area (Å²) < 4.78 is 0. The van der Waals surface area contributed by atoms with Gasteiger partial charge in [0, 0.05) is 25.4 Å². The molecule has 28 heavy (non-hydrogen) atoms. The minimum absolute atomic E-state index is 0.000711. The van der Waals surface area contributed by atoms with Gasteiger partial charge in [0.15, 0.2) is 11.6 Å². The van der Waals surface area contributed by atoms with Gasteiger partial charge in [-0.1, -0.05) is 60.7 Å². The van der Waals surface area contributed by atoms with Crippen molar-refractivity contribution in [3.63, 3.8) is 0 Å². The highest BCUT2D eigenvalue weighted by Gasteiger charge is 2.19. The zero-order chi connectivity index (χ0) is 19.2. The van der Waals surface area contributed by atoms with Gasteiger partial charge >= 0.3 is 0 Å². The number of hydrogen-bond acceptors (Lipinski definition) is 4. The second-order valence-electron chi connectivity index (χ2n) is 7.10. The zero-order valence-electron chi connectivity index (χ0n) is 15.8. The topological polar surface area (TPSA) is 58.1 Å². The van der Waals surface area contributed by atoms with Gasteiger partial charge in [0.2, 0.25) is 5.91 Å². The Hall–Kier alpha value is -3.21. The first kappa shape index (κ1) is 18.2. The van der Waals surface area contributed by atoms with Crippen molar-refractivity contribution in [3.05, 3.63) is 83.9 Å². The summed E-state index contributed by atoms with van der Waals surface area (Å²) >= 11 is 0. The quantitative estimate of drug-likeness (QED) is 0.703. The number of hydrogen-bond donors (Lipinski definition) is 1. The number of rotatable bonds is 6. The molecule has 2 aromatic carbocycles. The number of benzene rings is 2. The van der Waals surface area contributed by atoms with Gasteiger partial charge in [0.25, 0.3) is 0 Å². The molecule has 0 saturated carbocycles. The number of aromatic nitrogens is 2. The lowest BCUT2D eigenvalue weighted by atomic mass is 9.88. The lowest BCUT2D eigenvalue weighted by molar-refractivity contribution is -0.116. The van der Waals surface area contributed by atoms with Crippen LogP contribution in [0.5, 0.6) is 0 Å². The number of anilines is 2. The largest absolute Gasteiger partial charge is 0.355 e. The highest BCUT2D eigenvalue weighted by molar-refractivity contribution is 5.90. The van der Waals surface area contributed by atoms with Crippen LogP contribution in [-0.4, -0.2) is 29.2 Å². The fourth-order valence-corrected chi connectivity index (χ4v) is 3.68. The van der Waals surface area contributed by atoms with E-state index < -0.39 is 0 Å². The first-order valence-corrected chi connectivity index (χ1v) is 9.78. The van der Waals surface area contributed by atoms with Gasteiger partial charge in [-0.25, -0.2) is 0 Å². The third-order valence-corrected chi connectivity index (χ3v) is 5.14. The Morgan fingerprint density at radius 1 is 0.857 bits per heavy atom. The van der Waals surface area contributed by atoms with Gasteiger partial charge in [0.1, 0.15) is 0 Å². The van der Waals surface area contributed by atoms with Crippen molar-refractivity contribution in [3.8, 4) is 0 Å². The minimum atomic E-state index is -0.0686. The molecule has 0 aliphatic carbocycles. The molecule has 1 aliphatic heterocycles. The summed E-state index contributed by atoms with van der Waals surface area (Å²) in [6.45, 7) is 2.05. The van der Waals surface area contributed by atoms with E-state index in [-0.39, 0.29) is 11.8 Å². The lowest BCUT2D eigenvalue weighted by Gasteiger charge is -2.18. The van der Waals surface area contributed by atoms with Crippen molar-refractivity contribution in [1.29, 1.82) is 0 Å². The van der Waals surface area contributed by atoms with Gasteiger partial charge in [-0.3, -0.25) is 4.79 Å². The molecule has 2 heterocycles. The summed E-state index contributed by atoms with van der Waals surface area (Å²) in [7, 11) is 0. The maximum Gasteiger partial charge on any atom is 0.226 e. The van der Waals surface area contributed by atoms with E-state index in [1.165, 1.54) is 12.8 Å². The van der Waals surface area contributed by atoms with Crippen molar-refractivity contribution in [1.82, 2.24) is 10.2 Å². The molecule has 1 N–H and O–H groups in total. The maximum absolute atomic E-state index is 12.7. The number of carbonyl (C=O) groups is 1. The Balaban J connectivity index is 1.46. The molecule has 0 unspecified atom stereocenters. The molecule has 4 rings (SSSR count). The van der Waals surface area contributed by atoms with E-state index in [0.717, 1.165) is 30.0 Å². The SMILES string of the molecule is O=C(CC(c1ccccc1)c1ccccc1)Nc1ccc(N2CCCC2)nn1. The normalized spacial score (nSPS) is 13.7. The Labute approximate surface area is 165 Å². The summed E-state index contributed by atoms with van der Waals surface area (Å²) in [5.74, 6) is 1.30. The maximum atomic E-state index is 12.7. The molecule has 1 saturated heterocycles. The second-order valence-corrected chi connectivity index (χ2v) is 7.10. The van der Waals surface area contributed by atoms with E-state index in [2.05, 4.69) is 44.7 Å². The van der Waals surface area contributed by atoms with E-state index in [1.807, 2.05) is 48.5 Å². The summed E-state index contributed by atoms with van der Waals surface area (Å²) in [4.78, 5) is 14.9.